The summed E-state index contributed by atoms with van der Waals surface area (Å²) in [6, 6.07) is 24.8. The molecule has 184 valence electrons. The lowest BCUT2D eigenvalue weighted by molar-refractivity contribution is 0.653. The van der Waals surface area contributed by atoms with Crippen LogP contribution < -0.4 is 0 Å². The van der Waals surface area contributed by atoms with Gasteiger partial charge in [0, 0.05) is 28.8 Å². The molecule has 0 unspecified atom stereocenters. The van der Waals surface area contributed by atoms with Crippen LogP contribution in [0.4, 0.5) is 0 Å². The molecule has 0 aliphatic heterocycles. The van der Waals surface area contributed by atoms with Gasteiger partial charge in [-0.2, -0.15) is 0 Å². The number of furan rings is 1. The van der Waals surface area contributed by atoms with E-state index in [2.05, 4.69) is 74.1 Å². The van der Waals surface area contributed by atoms with Crippen LogP contribution in [0.5, 0.6) is 0 Å². The Balaban J connectivity index is 1.68. The average molecular weight is 488 g/mol. The molecule has 0 N–H and O–H groups in total. The molecule has 0 aliphatic rings. The summed E-state index contributed by atoms with van der Waals surface area (Å²) >= 11 is 0. The maximum Gasteiger partial charge on any atom is 0.227 e. The molecular formula is C33H31N3O. The number of rotatable bonds is 5. The standard InChI is InChI=1S/C33H31N3O/c1-20(2)28-18-24(23-10-7-6-8-11-23)19-29(21(3)4)30(28)36-17-16-34-32(36)27-13-9-12-25-26-15-14-22(5)35-33(26)37-31(25)27/h6-21H,1-5H3/i16D,17D. The van der Waals surface area contributed by atoms with Crippen molar-refractivity contribution >= 4 is 22.1 Å². The number of para-hydroxylation sites is 1. The highest BCUT2D eigenvalue weighted by Gasteiger charge is 2.22. The van der Waals surface area contributed by atoms with Gasteiger partial charge in [0.05, 0.1) is 14.0 Å². The molecule has 0 fully saturated rings. The molecule has 0 saturated heterocycles. The van der Waals surface area contributed by atoms with Gasteiger partial charge in [-0.3, -0.25) is 4.57 Å². The Morgan fingerprint density at radius 3 is 2.24 bits per heavy atom. The molecule has 0 amide bonds. The Morgan fingerprint density at radius 2 is 1.54 bits per heavy atom. The Morgan fingerprint density at radius 1 is 0.811 bits per heavy atom. The predicted octanol–water partition coefficient (Wildman–Crippen LogP) is 9.06. The van der Waals surface area contributed by atoms with E-state index in [0.29, 0.717) is 17.1 Å². The summed E-state index contributed by atoms with van der Waals surface area (Å²) < 4.78 is 25.8. The second-order valence-electron chi connectivity index (χ2n) is 10.3. The van der Waals surface area contributed by atoms with Crippen LogP contribution in [0, 0.1) is 6.92 Å². The predicted molar refractivity (Wildman–Crippen MR) is 152 cm³/mol. The van der Waals surface area contributed by atoms with E-state index in [4.69, 9.17) is 7.16 Å². The Kier molecular flexibility index (Phi) is 5.12. The first kappa shape index (κ1) is 21.0. The Hall–Kier alpha value is -4.18. The number of imidazole rings is 1. The van der Waals surface area contributed by atoms with Crippen LogP contribution in [0.15, 0.2) is 89.6 Å². The van der Waals surface area contributed by atoms with Crippen molar-refractivity contribution in [1.82, 2.24) is 14.5 Å². The van der Waals surface area contributed by atoms with Crippen LogP contribution in [0.3, 0.4) is 0 Å². The maximum atomic E-state index is 9.01. The largest absolute Gasteiger partial charge is 0.437 e. The maximum absolute atomic E-state index is 9.01. The van der Waals surface area contributed by atoms with Crippen molar-refractivity contribution in [3.05, 3.63) is 102 Å². The number of benzene rings is 3. The van der Waals surface area contributed by atoms with Gasteiger partial charge in [-0.15, -0.1) is 0 Å². The molecule has 0 bridgehead atoms. The smallest absolute Gasteiger partial charge is 0.227 e. The summed E-state index contributed by atoms with van der Waals surface area (Å²) in [5.41, 5.74) is 8.31. The van der Waals surface area contributed by atoms with E-state index in [1.54, 1.807) is 0 Å². The zero-order chi connectivity index (χ0) is 27.4. The first-order valence-electron chi connectivity index (χ1n) is 13.8. The molecule has 0 saturated carbocycles. The van der Waals surface area contributed by atoms with Crippen molar-refractivity contribution in [2.75, 3.05) is 0 Å². The van der Waals surface area contributed by atoms with Gasteiger partial charge in [0.1, 0.15) is 11.4 Å². The SMILES string of the molecule is [2H]c1nc(-c2cccc3c2oc2nc(C)ccc23)n(-c2c(C(C)C)cc(-c3ccccc3)cc2C(C)C)c1[2H]. The van der Waals surface area contributed by atoms with Crippen molar-refractivity contribution in [1.29, 1.82) is 0 Å². The fourth-order valence-corrected chi connectivity index (χ4v) is 5.14. The zero-order valence-corrected chi connectivity index (χ0v) is 21.8. The highest BCUT2D eigenvalue weighted by molar-refractivity contribution is 6.08. The Labute approximate surface area is 220 Å². The molecule has 37 heavy (non-hydrogen) atoms. The van der Waals surface area contributed by atoms with Gasteiger partial charge >= 0.3 is 0 Å². The van der Waals surface area contributed by atoms with Crippen molar-refractivity contribution < 1.29 is 7.16 Å². The van der Waals surface area contributed by atoms with E-state index in [1.807, 2.05) is 47.9 Å². The molecule has 6 rings (SSSR count). The molecule has 3 heterocycles. The van der Waals surface area contributed by atoms with Crippen molar-refractivity contribution in [2.45, 2.75) is 46.5 Å². The Bertz CT molecular complexity index is 1820. The van der Waals surface area contributed by atoms with Crippen molar-refractivity contribution in [3.8, 4) is 28.2 Å². The molecule has 0 spiro atoms. The number of fused-ring (bicyclic) bond motifs is 3. The quantitative estimate of drug-likeness (QED) is 0.244. The van der Waals surface area contributed by atoms with Crippen molar-refractivity contribution in [2.24, 2.45) is 0 Å². The topological polar surface area (TPSA) is 43.9 Å². The number of hydrogen-bond acceptors (Lipinski definition) is 3. The van der Waals surface area contributed by atoms with Gasteiger partial charge < -0.3 is 4.42 Å². The highest BCUT2D eigenvalue weighted by atomic mass is 16.3. The number of nitrogens with zero attached hydrogens (tertiary/aromatic N) is 3. The first-order valence-corrected chi connectivity index (χ1v) is 12.8. The average Bonchev–Trinajstić information content (AvgIpc) is 3.44. The minimum Gasteiger partial charge on any atom is -0.437 e. The number of aryl methyl sites for hydroxylation is 1. The minimum atomic E-state index is -0.0661. The van der Waals surface area contributed by atoms with Crippen molar-refractivity contribution in [3.63, 3.8) is 0 Å². The van der Waals surface area contributed by atoms with Gasteiger partial charge in [-0.05, 0) is 71.3 Å². The number of hydrogen-bond donors (Lipinski definition) is 0. The summed E-state index contributed by atoms with van der Waals surface area (Å²) in [7, 11) is 0. The van der Waals surface area contributed by atoms with Crippen LogP contribution in [-0.4, -0.2) is 14.5 Å². The minimum absolute atomic E-state index is 0.0587. The van der Waals surface area contributed by atoms with E-state index >= 15 is 0 Å². The normalized spacial score (nSPS) is 12.6. The summed E-state index contributed by atoms with van der Waals surface area (Å²) in [5, 5.41) is 1.88. The lowest BCUT2D eigenvalue weighted by atomic mass is 9.88. The molecule has 4 heteroatoms. The van der Waals surface area contributed by atoms with Gasteiger partial charge in [0.2, 0.25) is 5.71 Å². The second kappa shape index (κ2) is 9.04. The zero-order valence-electron chi connectivity index (χ0n) is 23.8. The molecule has 0 atom stereocenters. The molecular weight excluding hydrogens is 454 g/mol. The van der Waals surface area contributed by atoms with Crippen LogP contribution in [0.25, 0.3) is 50.3 Å². The molecule has 0 aliphatic carbocycles. The van der Waals surface area contributed by atoms with E-state index in [1.165, 1.54) is 0 Å². The van der Waals surface area contributed by atoms with Crippen LogP contribution >= 0.6 is 0 Å². The van der Waals surface area contributed by atoms with Gasteiger partial charge in [-0.25, -0.2) is 9.97 Å². The van der Waals surface area contributed by atoms with Crippen LogP contribution in [-0.2, 0) is 0 Å². The summed E-state index contributed by atoms with van der Waals surface area (Å²) in [6.45, 7) is 10.6. The monoisotopic (exact) mass is 487 g/mol. The molecule has 3 aromatic heterocycles. The lowest BCUT2D eigenvalue weighted by Crippen LogP contribution is -2.08. The third-order valence-corrected chi connectivity index (χ3v) is 7.02. The second-order valence-corrected chi connectivity index (χ2v) is 10.3. The third-order valence-electron chi connectivity index (χ3n) is 7.02. The third kappa shape index (κ3) is 3.93. The van der Waals surface area contributed by atoms with E-state index < -0.39 is 0 Å². The fourth-order valence-electron chi connectivity index (χ4n) is 5.14. The van der Waals surface area contributed by atoms with E-state index in [9.17, 15) is 0 Å². The fraction of sp³-hybridized carbons (Fsp3) is 0.212. The van der Waals surface area contributed by atoms with E-state index in [-0.39, 0.29) is 24.2 Å². The molecule has 3 aromatic carbocycles. The number of aromatic nitrogens is 3. The summed E-state index contributed by atoms with van der Waals surface area (Å²) in [6.07, 6.45) is -0.00743. The molecule has 4 nitrogen and oxygen atoms in total. The lowest BCUT2D eigenvalue weighted by Gasteiger charge is -2.23. The van der Waals surface area contributed by atoms with Gasteiger partial charge in [0.15, 0.2) is 0 Å². The first-order chi connectivity index (χ1) is 18.7. The number of pyridine rings is 1. The summed E-state index contributed by atoms with van der Waals surface area (Å²) in [5.74, 6) is 0.890. The van der Waals surface area contributed by atoms with Crippen LogP contribution in [0.1, 0.15) is 59.1 Å². The van der Waals surface area contributed by atoms with Gasteiger partial charge in [-0.1, -0.05) is 70.2 Å². The molecule has 6 aromatic rings. The van der Waals surface area contributed by atoms with Gasteiger partial charge in [0.25, 0.3) is 0 Å². The molecule has 0 radical (unpaired) electrons. The van der Waals surface area contributed by atoms with E-state index in [0.717, 1.165) is 50.0 Å². The summed E-state index contributed by atoms with van der Waals surface area (Å²) in [4.78, 5) is 9.23. The highest BCUT2D eigenvalue weighted by Crippen LogP contribution is 2.40. The van der Waals surface area contributed by atoms with Crippen LogP contribution in [0.2, 0.25) is 0 Å².